The lowest BCUT2D eigenvalue weighted by atomic mass is 9.88. The van der Waals surface area contributed by atoms with Crippen LogP contribution in [0.2, 0.25) is 0 Å². The van der Waals surface area contributed by atoms with E-state index in [1.54, 1.807) is 12.1 Å². The third kappa shape index (κ3) is 7.84. The van der Waals surface area contributed by atoms with Crippen LogP contribution < -0.4 is 15.4 Å². The Bertz CT molecular complexity index is 654. The Morgan fingerprint density at radius 1 is 1.25 bits per heavy atom. The van der Waals surface area contributed by atoms with E-state index in [-0.39, 0.29) is 29.5 Å². The smallest absolute Gasteiger partial charge is 0.224 e. The quantitative estimate of drug-likeness (QED) is 0.630. The Hall–Kier alpha value is -2.15. The SMILES string of the molecule is CC(=O)NCCNC(=O)[C@@H]1C[C@H](COc2cccc(F)c2)CN(CC(C)C)C1. The lowest BCUT2D eigenvalue weighted by Gasteiger charge is -2.37. The minimum Gasteiger partial charge on any atom is -0.493 e. The van der Waals surface area contributed by atoms with Gasteiger partial charge in [0.05, 0.1) is 12.5 Å². The highest BCUT2D eigenvalue weighted by atomic mass is 19.1. The van der Waals surface area contributed by atoms with Crippen molar-refractivity contribution in [3.63, 3.8) is 0 Å². The molecule has 2 amide bonds. The Labute approximate surface area is 166 Å². The standard InChI is InChI=1S/C21H32FN3O3/c1-15(2)11-25-12-17(14-28-20-6-4-5-19(22)10-20)9-18(13-25)21(27)24-8-7-23-16(3)26/h4-6,10,15,17-18H,7-9,11-14H2,1-3H3,(H,23,26)(H,24,27)/t17-,18+/m0/s1. The number of rotatable bonds is 9. The molecule has 6 nitrogen and oxygen atoms in total. The largest absolute Gasteiger partial charge is 0.493 e. The molecule has 0 unspecified atom stereocenters. The molecule has 7 heteroatoms. The number of nitrogens with zero attached hydrogens (tertiary/aromatic N) is 1. The van der Waals surface area contributed by atoms with Gasteiger partial charge in [0.2, 0.25) is 11.8 Å². The van der Waals surface area contributed by atoms with Crippen LogP contribution in [0.1, 0.15) is 27.2 Å². The van der Waals surface area contributed by atoms with Crippen LogP contribution in [0.15, 0.2) is 24.3 Å². The molecule has 0 saturated carbocycles. The van der Waals surface area contributed by atoms with Crippen molar-refractivity contribution in [1.82, 2.24) is 15.5 Å². The maximum atomic E-state index is 13.3. The molecule has 2 atom stereocenters. The van der Waals surface area contributed by atoms with E-state index in [2.05, 4.69) is 29.4 Å². The van der Waals surface area contributed by atoms with Gasteiger partial charge in [0, 0.05) is 51.6 Å². The van der Waals surface area contributed by atoms with Crippen LogP contribution in [-0.4, -0.2) is 56.0 Å². The minimum absolute atomic E-state index is 0.00886. The first kappa shape index (κ1) is 22.1. The number of halogens is 1. The maximum absolute atomic E-state index is 13.3. The molecule has 1 saturated heterocycles. The van der Waals surface area contributed by atoms with Gasteiger partial charge in [-0.25, -0.2) is 4.39 Å². The molecule has 28 heavy (non-hydrogen) atoms. The number of ether oxygens (including phenoxy) is 1. The fourth-order valence-electron chi connectivity index (χ4n) is 3.62. The monoisotopic (exact) mass is 393 g/mol. The van der Waals surface area contributed by atoms with Gasteiger partial charge >= 0.3 is 0 Å². The summed E-state index contributed by atoms with van der Waals surface area (Å²) in [5, 5.41) is 5.59. The summed E-state index contributed by atoms with van der Waals surface area (Å²) < 4.78 is 19.1. The van der Waals surface area contributed by atoms with Crippen molar-refractivity contribution in [2.75, 3.05) is 39.3 Å². The van der Waals surface area contributed by atoms with Crippen molar-refractivity contribution >= 4 is 11.8 Å². The Balaban J connectivity index is 1.90. The number of amides is 2. The molecule has 0 bridgehead atoms. The zero-order chi connectivity index (χ0) is 20.5. The van der Waals surface area contributed by atoms with Crippen LogP contribution >= 0.6 is 0 Å². The van der Waals surface area contributed by atoms with E-state index in [1.165, 1.54) is 19.1 Å². The van der Waals surface area contributed by atoms with Crippen LogP contribution in [0.4, 0.5) is 4.39 Å². The molecule has 0 radical (unpaired) electrons. The molecule has 1 aromatic rings. The summed E-state index contributed by atoms with van der Waals surface area (Å²) in [4.78, 5) is 25.8. The molecular formula is C21H32FN3O3. The molecule has 1 fully saturated rings. The first-order valence-electron chi connectivity index (χ1n) is 9.96. The Morgan fingerprint density at radius 3 is 2.68 bits per heavy atom. The van der Waals surface area contributed by atoms with Gasteiger partial charge < -0.3 is 20.3 Å². The summed E-state index contributed by atoms with van der Waals surface area (Å²) in [5.74, 6) is 0.676. The molecular weight excluding hydrogens is 361 g/mol. The van der Waals surface area contributed by atoms with Crippen LogP contribution in [0.5, 0.6) is 5.75 Å². The summed E-state index contributed by atoms with van der Waals surface area (Å²) in [5.41, 5.74) is 0. The predicted molar refractivity (Wildman–Crippen MR) is 106 cm³/mol. The molecule has 1 heterocycles. The van der Waals surface area contributed by atoms with Crippen LogP contribution in [0, 0.1) is 23.6 Å². The fourth-order valence-corrected chi connectivity index (χ4v) is 3.62. The Morgan fingerprint density at radius 2 is 2.00 bits per heavy atom. The normalized spacial score (nSPS) is 20.0. The topological polar surface area (TPSA) is 70.7 Å². The third-order valence-electron chi connectivity index (χ3n) is 4.69. The second-order valence-corrected chi connectivity index (χ2v) is 7.95. The van der Waals surface area contributed by atoms with E-state index < -0.39 is 0 Å². The number of carbonyl (C=O) groups excluding carboxylic acids is 2. The fraction of sp³-hybridized carbons (Fsp3) is 0.619. The van der Waals surface area contributed by atoms with Gasteiger partial charge in [-0.3, -0.25) is 9.59 Å². The van der Waals surface area contributed by atoms with Gasteiger partial charge in [0.1, 0.15) is 11.6 Å². The van der Waals surface area contributed by atoms with Crippen LogP contribution in [0.25, 0.3) is 0 Å². The van der Waals surface area contributed by atoms with E-state index >= 15 is 0 Å². The van der Waals surface area contributed by atoms with Crippen molar-refractivity contribution in [3.05, 3.63) is 30.1 Å². The summed E-state index contributed by atoms with van der Waals surface area (Å²) >= 11 is 0. The average Bonchev–Trinajstić information content (AvgIpc) is 2.62. The molecule has 1 aliphatic heterocycles. The van der Waals surface area contributed by atoms with Gasteiger partial charge in [-0.05, 0) is 24.5 Å². The zero-order valence-electron chi connectivity index (χ0n) is 17.0. The summed E-state index contributed by atoms with van der Waals surface area (Å²) in [7, 11) is 0. The summed E-state index contributed by atoms with van der Waals surface area (Å²) in [6.07, 6.45) is 0.732. The highest BCUT2D eigenvalue weighted by molar-refractivity contribution is 5.79. The molecule has 0 aromatic heterocycles. The number of nitrogens with one attached hydrogen (secondary N) is 2. The number of hydrogen-bond donors (Lipinski definition) is 2. The third-order valence-corrected chi connectivity index (χ3v) is 4.69. The van der Waals surface area contributed by atoms with Crippen molar-refractivity contribution in [1.29, 1.82) is 0 Å². The van der Waals surface area contributed by atoms with Crippen molar-refractivity contribution in [3.8, 4) is 5.75 Å². The van der Waals surface area contributed by atoms with E-state index in [0.717, 1.165) is 26.1 Å². The minimum atomic E-state index is -0.320. The van der Waals surface area contributed by atoms with E-state index in [0.29, 0.717) is 31.4 Å². The van der Waals surface area contributed by atoms with Crippen molar-refractivity contribution in [2.24, 2.45) is 17.8 Å². The van der Waals surface area contributed by atoms with Crippen LogP contribution in [-0.2, 0) is 9.59 Å². The second kappa shape index (κ2) is 11.0. The van der Waals surface area contributed by atoms with Gasteiger partial charge in [0.15, 0.2) is 0 Å². The number of hydrogen-bond acceptors (Lipinski definition) is 4. The molecule has 1 aromatic carbocycles. The predicted octanol–water partition coefficient (Wildman–Crippen LogP) is 2.05. The molecule has 2 rings (SSSR count). The van der Waals surface area contributed by atoms with Crippen LogP contribution in [0.3, 0.4) is 0 Å². The lowest BCUT2D eigenvalue weighted by Crippen LogP contribution is -2.49. The molecule has 2 N–H and O–H groups in total. The highest BCUT2D eigenvalue weighted by Crippen LogP contribution is 2.24. The first-order chi connectivity index (χ1) is 13.3. The van der Waals surface area contributed by atoms with Crippen molar-refractivity contribution in [2.45, 2.75) is 27.2 Å². The van der Waals surface area contributed by atoms with Gasteiger partial charge in [0.25, 0.3) is 0 Å². The maximum Gasteiger partial charge on any atom is 0.224 e. The molecule has 156 valence electrons. The van der Waals surface area contributed by atoms with Crippen molar-refractivity contribution < 1.29 is 18.7 Å². The first-order valence-corrected chi connectivity index (χ1v) is 9.96. The van der Waals surface area contributed by atoms with E-state index in [4.69, 9.17) is 4.74 Å². The highest BCUT2D eigenvalue weighted by Gasteiger charge is 2.32. The number of benzene rings is 1. The summed E-state index contributed by atoms with van der Waals surface area (Å²) in [6, 6.07) is 6.13. The Kier molecular flexibility index (Phi) is 8.70. The average molecular weight is 394 g/mol. The van der Waals surface area contributed by atoms with Gasteiger partial charge in [-0.15, -0.1) is 0 Å². The van der Waals surface area contributed by atoms with E-state index in [1.807, 2.05) is 0 Å². The molecule has 1 aliphatic rings. The summed E-state index contributed by atoms with van der Waals surface area (Å²) in [6.45, 7) is 9.59. The van der Waals surface area contributed by atoms with Gasteiger partial charge in [-0.2, -0.15) is 0 Å². The molecule has 0 aliphatic carbocycles. The lowest BCUT2D eigenvalue weighted by molar-refractivity contribution is -0.128. The number of likely N-dealkylation sites (tertiary alicyclic amines) is 1. The van der Waals surface area contributed by atoms with Gasteiger partial charge in [-0.1, -0.05) is 19.9 Å². The number of carbonyl (C=O) groups is 2. The number of piperidine rings is 1. The molecule has 0 spiro atoms. The van der Waals surface area contributed by atoms with E-state index in [9.17, 15) is 14.0 Å². The zero-order valence-corrected chi connectivity index (χ0v) is 17.0. The second-order valence-electron chi connectivity index (χ2n) is 7.95.